The number of nitrogens with zero attached hydrogens (tertiary/aromatic N) is 1. The molecule has 0 atom stereocenters. The minimum absolute atomic E-state index is 0.694. The number of H-pyrrole nitrogens is 1. The molecule has 2 aromatic carbocycles. The van der Waals surface area contributed by atoms with Crippen molar-refractivity contribution in [3.63, 3.8) is 0 Å². The van der Waals surface area contributed by atoms with E-state index in [0.717, 1.165) is 27.9 Å². The van der Waals surface area contributed by atoms with E-state index in [1.54, 1.807) is 6.20 Å². The van der Waals surface area contributed by atoms with Crippen LogP contribution in [0.25, 0.3) is 33.3 Å². The Labute approximate surface area is 133 Å². The van der Waals surface area contributed by atoms with Crippen LogP contribution < -0.4 is 0 Å². The Morgan fingerprint density at radius 3 is 2.77 bits per heavy atom. The molecule has 2 heterocycles. The van der Waals surface area contributed by atoms with E-state index >= 15 is 0 Å². The number of aromatic amines is 1. The van der Waals surface area contributed by atoms with Gasteiger partial charge in [0.25, 0.3) is 0 Å². The molecule has 0 fully saturated rings. The number of benzene rings is 2. The fraction of sp³-hybridized carbons (Fsp3) is 0. The number of aromatic nitrogens is 2. The van der Waals surface area contributed by atoms with E-state index < -0.39 is 0 Å². The fourth-order valence-corrected chi connectivity index (χ4v) is 2.94. The predicted molar refractivity (Wildman–Crippen MR) is 90.8 cm³/mol. The molecule has 1 N–H and O–H groups in total. The zero-order chi connectivity index (χ0) is 14.9. The highest BCUT2D eigenvalue weighted by Crippen LogP contribution is 2.33. The maximum absolute atomic E-state index is 6.33. The van der Waals surface area contributed by atoms with E-state index in [1.807, 2.05) is 36.5 Å². The summed E-state index contributed by atoms with van der Waals surface area (Å²) in [6, 6.07) is 21.2. The van der Waals surface area contributed by atoms with Gasteiger partial charge in [-0.05, 0) is 47.5 Å². The van der Waals surface area contributed by atoms with Crippen LogP contribution >= 0.6 is 11.6 Å². The minimum atomic E-state index is 0.694. The summed E-state index contributed by atoms with van der Waals surface area (Å²) in [5.74, 6) is 0. The van der Waals surface area contributed by atoms with Gasteiger partial charge >= 0.3 is 0 Å². The third-order valence-corrected chi connectivity index (χ3v) is 3.90. The lowest BCUT2D eigenvalue weighted by Gasteiger charge is -2.08. The van der Waals surface area contributed by atoms with Crippen LogP contribution in [0.2, 0.25) is 5.02 Å². The Kier molecular flexibility index (Phi) is 3.17. The van der Waals surface area contributed by atoms with Gasteiger partial charge in [0.1, 0.15) is 0 Å². The van der Waals surface area contributed by atoms with Crippen LogP contribution in [0.3, 0.4) is 0 Å². The van der Waals surface area contributed by atoms with Gasteiger partial charge in [-0.3, -0.25) is 4.98 Å². The largest absolute Gasteiger partial charge is 0.361 e. The van der Waals surface area contributed by atoms with Crippen LogP contribution in [0.5, 0.6) is 0 Å². The van der Waals surface area contributed by atoms with E-state index in [1.165, 1.54) is 5.39 Å². The molecule has 0 bridgehead atoms. The Bertz CT molecular complexity index is 942. The second kappa shape index (κ2) is 5.32. The van der Waals surface area contributed by atoms with Crippen molar-refractivity contribution in [3.8, 4) is 22.4 Å². The summed E-state index contributed by atoms with van der Waals surface area (Å²) in [5, 5.41) is 1.87. The van der Waals surface area contributed by atoms with Crippen molar-refractivity contribution < 1.29 is 0 Å². The van der Waals surface area contributed by atoms with Crippen molar-refractivity contribution in [2.45, 2.75) is 0 Å². The van der Waals surface area contributed by atoms with Crippen molar-refractivity contribution in [1.82, 2.24) is 9.97 Å². The van der Waals surface area contributed by atoms with Gasteiger partial charge in [-0.2, -0.15) is 0 Å². The number of hydrogen-bond donors (Lipinski definition) is 1. The van der Waals surface area contributed by atoms with E-state index in [0.29, 0.717) is 5.02 Å². The van der Waals surface area contributed by atoms with Crippen LogP contribution in [0.4, 0.5) is 0 Å². The average Bonchev–Trinajstić information content (AvgIpc) is 3.03. The molecule has 22 heavy (non-hydrogen) atoms. The lowest BCUT2D eigenvalue weighted by molar-refractivity contribution is 1.32. The SMILES string of the molecule is Clc1cc(-c2[c]cccn2)cc(-c2cccc3[nH]ccc23)c1. The van der Waals surface area contributed by atoms with Gasteiger partial charge in [-0.25, -0.2) is 0 Å². The highest BCUT2D eigenvalue weighted by atomic mass is 35.5. The molecule has 0 aliphatic carbocycles. The number of hydrogen-bond acceptors (Lipinski definition) is 1. The van der Waals surface area contributed by atoms with Gasteiger partial charge < -0.3 is 4.98 Å². The summed E-state index contributed by atoms with van der Waals surface area (Å²) in [7, 11) is 0. The second-order valence-electron chi connectivity index (χ2n) is 5.10. The Hall–Kier alpha value is -2.58. The lowest BCUT2D eigenvalue weighted by atomic mass is 9.99. The molecule has 1 radical (unpaired) electrons. The molecule has 2 nitrogen and oxygen atoms in total. The predicted octanol–water partition coefficient (Wildman–Crippen LogP) is 5.35. The highest BCUT2D eigenvalue weighted by Gasteiger charge is 2.08. The van der Waals surface area contributed by atoms with Gasteiger partial charge in [0, 0.05) is 39.9 Å². The molecule has 0 unspecified atom stereocenters. The Balaban J connectivity index is 1.93. The van der Waals surface area contributed by atoms with E-state index in [-0.39, 0.29) is 0 Å². The van der Waals surface area contributed by atoms with Crippen molar-refractivity contribution in [2.75, 3.05) is 0 Å². The standard InChI is InChI=1S/C19H12ClN2/c20-15-11-13(10-14(12-15)18-5-1-2-8-21-18)16-4-3-6-19-17(16)7-9-22-19/h1-4,6-12,22H. The first-order chi connectivity index (χ1) is 10.8. The fourth-order valence-electron chi connectivity index (χ4n) is 2.70. The normalized spacial score (nSPS) is 11.0. The Morgan fingerprint density at radius 1 is 1.00 bits per heavy atom. The van der Waals surface area contributed by atoms with E-state index in [2.05, 4.69) is 40.3 Å². The summed E-state index contributed by atoms with van der Waals surface area (Å²) >= 11 is 6.33. The maximum Gasteiger partial charge on any atom is 0.0781 e. The molecular weight excluding hydrogens is 292 g/mol. The van der Waals surface area contributed by atoms with Crippen molar-refractivity contribution in [3.05, 3.63) is 78.1 Å². The van der Waals surface area contributed by atoms with Gasteiger partial charge in [-0.15, -0.1) is 0 Å². The number of fused-ring (bicyclic) bond motifs is 1. The van der Waals surface area contributed by atoms with E-state index in [4.69, 9.17) is 11.6 Å². The first-order valence-corrected chi connectivity index (χ1v) is 7.39. The summed E-state index contributed by atoms with van der Waals surface area (Å²) in [4.78, 5) is 7.60. The molecule has 105 valence electrons. The van der Waals surface area contributed by atoms with Gasteiger partial charge in [0.05, 0.1) is 5.69 Å². The molecular formula is C19H12ClN2. The molecule has 4 rings (SSSR count). The lowest BCUT2D eigenvalue weighted by Crippen LogP contribution is -1.86. The molecule has 2 aromatic heterocycles. The van der Waals surface area contributed by atoms with Gasteiger partial charge in [0.15, 0.2) is 0 Å². The summed E-state index contributed by atoms with van der Waals surface area (Å²) in [5.41, 5.74) is 5.11. The topological polar surface area (TPSA) is 28.7 Å². The third-order valence-electron chi connectivity index (χ3n) is 3.68. The molecule has 3 heteroatoms. The zero-order valence-corrected chi connectivity index (χ0v) is 12.4. The minimum Gasteiger partial charge on any atom is -0.361 e. The molecule has 0 spiro atoms. The first kappa shape index (κ1) is 13.1. The van der Waals surface area contributed by atoms with Crippen LogP contribution in [0, 0.1) is 6.07 Å². The summed E-state index contributed by atoms with van der Waals surface area (Å²) < 4.78 is 0. The van der Waals surface area contributed by atoms with Crippen LogP contribution in [0.15, 0.2) is 67.0 Å². The monoisotopic (exact) mass is 303 g/mol. The van der Waals surface area contributed by atoms with Crippen molar-refractivity contribution in [1.29, 1.82) is 0 Å². The second-order valence-corrected chi connectivity index (χ2v) is 5.54. The van der Waals surface area contributed by atoms with Crippen LogP contribution in [-0.4, -0.2) is 9.97 Å². The average molecular weight is 304 g/mol. The number of halogens is 1. The van der Waals surface area contributed by atoms with Crippen LogP contribution in [-0.2, 0) is 0 Å². The maximum atomic E-state index is 6.33. The first-order valence-electron chi connectivity index (χ1n) is 7.01. The summed E-state index contributed by atoms with van der Waals surface area (Å²) in [6.07, 6.45) is 3.71. The quantitative estimate of drug-likeness (QED) is 0.531. The molecule has 0 amide bonds. The van der Waals surface area contributed by atoms with Gasteiger partial charge in [-0.1, -0.05) is 29.8 Å². The summed E-state index contributed by atoms with van der Waals surface area (Å²) in [6.45, 7) is 0. The van der Waals surface area contributed by atoms with Crippen LogP contribution in [0.1, 0.15) is 0 Å². The molecule has 0 aliphatic rings. The number of pyridine rings is 1. The number of nitrogens with one attached hydrogen (secondary N) is 1. The smallest absolute Gasteiger partial charge is 0.0781 e. The van der Waals surface area contributed by atoms with E-state index in [9.17, 15) is 0 Å². The zero-order valence-electron chi connectivity index (χ0n) is 11.7. The molecule has 4 aromatic rings. The van der Waals surface area contributed by atoms with Gasteiger partial charge in [0.2, 0.25) is 0 Å². The number of rotatable bonds is 2. The van der Waals surface area contributed by atoms with Crippen molar-refractivity contribution >= 4 is 22.5 Å². The molecule has 0 saturated carbocycles. The molecule has 0 aliphatic heterocycles. The molecule has 0 saturated heterocycles. The third kappa shape index (κ3) is 2.28. The Morgan fingerprint density at radius 2 is 1.91 bits per heavy atom. The van der Waals surface area contributed by atoms with Crippen molar-refractivity contribution in [2.24, 2.45) is 0 Å². The highest BCUT2D eigenvalue weighted by molar-refractivity contribution is 6.31.